The van der Waals surface area contributed by atoms with E-state index in [4.69, 9.17) is 4.98 Å². The molecule has 3 rings (SSSR count). The van der Waals surface area contributed by atoms with Crippen LogP contribution in [0.15, 0.2) is 22.1 Å². The molecule has 0 saturated carbocycles. The van der Waals surface area contributed by atoms with E-state index in [0.29, 0.717) is 17.9 Å². The van der Waals surface area contributed by atoms with Gasteiger partial charge in [-0.15, -0.1) is 11.3 Å². The molecule has 0 saturated heterocycles. The van der Waals surface area contributed by atoms with E-state index in [0.717, 1.165) is 40.2 Å². The van der Waals surface area contributed by atoms with Gasteiger partial charge in [-0.1, -0.05) is 44.7 Å². The van der Waals surface area contributed by atoms with Crippen molar-refractivity contribution in [1.29, 1.82) is 0 Å². The van der Waals surface area contributed by atoms with Gasteiger partial charge in [-0.25, -0.2) is 4.98 Å². The first kappa shape index (κ1) is 17.7. The smallest absolute Gasteiger partial charge is 0.263 e. The Morgan fingerprint density at radius 3 is 2.75 bits per heavy atom. The SMILES string of the molecule is C=C(C)Cn1c(SC)nc2sc3c(c2c1=O)CCC(C(C)(C)C)C3. The third-order valence-electron chi connectivity index (χ3n) is 4.97. The minimum absolute atomic E-state index is 0.110. The quantitative estimate of drug-likeness (QED) is 0.442. The molecule has 5 heteroatoms. The highest BCUT2D eigenvalue weighted by atomic mass is 32.2. The van der Waals surface area contributed by atoms with Crippen molar-refractivity contribution in [1.82, 2.24) is 9.55 Å². The molecule has 2 heterocycles. The monoisotopic (exact) mass is 362 g/mol. The summed E-state index contributed by atoms with van der Waals surface area (Å²) in [7, 11) is 0. The van der Waals surface area contributed by atoms with Gasteiger partial charge < -0.3 is 0 Å². The Morgan fingerprint density at radius 1 is 1.46 bits per heavy atom. The zero-order valence-electron chi connectivity index (χ0n) is 15.2. The second-order valence-corrected chi connectivity index (χ2v) is 9.79. The fourth-order valence-electron chi connectivity index (χ4n) is 3.54. The van der Waals surface area contributed by atoms with Crippen molar-refractivity contribution in [3.05, 3.63) is 32.9 Å². The molecule has 3 nitrogen and oxygen atoms in total. The van der Waals surface area contributed by atoms with Gasteiger partial charge >= 0.3 is 0 Å². The minimum atomic E-state index is 0.110. The van der Waals surface area contributed by atoms with Crippen molar-refractivity contribution >= 4 is 33.3 Å². The molecule has 0 aromatic carbocycles. The summed E-state index contributed by atoms with van der Waals surface area (Å²) in [5, 5.41) is 1.66. The lowest BCUT2D eigenvalue weighted by molar-refractivity contribution is 0.218. The molecule has 130 valence electrons. The van der Waals surface area contributed by atoms with Crippen LogP contribution in [0.3, 0.4) is 0 Å². The highest BCUT2D eigenvalue weighted by Crippen LogP contribution is 2.42. The Labute approximate surface area is 152 Å². The summed E-state index contributed by atoms with van der Waals surface area (Å²) >= 11 is 3.27. The van der Waals surface area contributed by atoms with Crippen LogP contribution >= 0.6 is 23.1 Å². The molecular weight excluding hydrogens is 336 g/mol. The predicted molar refractivity (Wildman–Crippen MR) is 105 cm³/mol. The Morgan fingerprint density at radius 2 is 2.17 bits per heavy atom. The number of thioether (sulfide) groups is 1. The van der Waals surface area contributed by atoms with E-state index in [-0.39, 0.29) is 5.56 Å². The van der Waals surface area contributed by atoms with Crippen molar-refractivity contribution in [2.45, 2.75) is 58.7 Å². The third kappa shape index (κ3) is 3.08. The van der Waals surface area contributed by atoms with Gasteiger partial charge in [-0.3, -0.25) is 9.36 Å². The fraction of sp³-hybridized carbons (Fsp3) is 0.579. The molecule has 0 spiro atoms. The molecule has 0 bridgehead atoms. The molecule has 2 aromatic rings. The van der Waals surface area contributed by atoms with E-state index in [9.17, 15) is 4.79 Å². The highest BCUT2D eigenvalue weighted by Gasteiger charge is 2.32. The van der Waals surface area contributed by atoms with Crippen LogP contribution in [-0.4, -0.2) is 15.8 Å². The van der Waals surface area contributed by atoms with Crippen LogP contribution < -0.4 is 5.56 Å². The normalized spacial score (nSPS) is 18.0. The lowest BCUT2D eigenvalue weighted by atomic mass is 9.72. The van der Waals surface area contributed by atoms with Crippen molar-refractivity contribution in [3.8, 4) is 0 Å². The molecule has 0 fully saturated rings. The summed E-state index contributed by atoms with van der Waals surface area (Å²) < 4.78 is 1.79. The number of allylic oxidation sites excluding steroid dienone is 1. The van der Waals surface area contributed by atoms with Crippen LogP contribution in [0.4, 0.5) is 0 Å². The number of aromatic nitrogens is 2. The molecule has 1 aliphatic carbocycles. The van der Waals surface area contributed by atoms with Crippen molar-refractivity contribution in [2.24, 2.45) is 11.3 Å². The van der Waals surface area contributed by atoms with Crippen LogP contribution in [0.25, 0.3) is 10.2 Å². The number of thiophene rings is 1. The van der Waals surface area contributed by atoms with Gasteiger partial charge in [0, 0.05) is 11.4 Å². The number of nitrogens with zero attached hydrogens (tertiary/aromatic N) is 2. The molecule has 2 aromatic heterocycles. The number of fused-ring (bicyclic) bond motifs is 3. The number of hydrogen-bond acceptors (Lipinski definition) is 4. The maximum atomic E-state index is 13.1. The molecule has 0 aliphatic heterocycles. The van der Waals surface area contributed by atoms with E-state index in [1.54, 1.807) is 15.9 Å². The Hall–Kier alpha value is -1.07. The fourth-order valence-corrected chi connectivity index (χ4v) is 5.44. The summed E-state index contributed by atoms with van der Waals surface area (Å²) in [6.45, 7) is 13.4. The molecule has 1 aliphatic rings. The number of hydrogen-bond donors (Lipinski definition) is 0. The molecule has 1 atom stereocenters. The van der Waals surface area contributed by atoms with Gasteiger partial charge in [-0.05, 0) is 49.3 Å². The third-order valence-corrected chi connectivity index (χ3v) is 6.79. The number of aryl methyl sites for hydroxylation is 1. The van der Waals surface area contributed by atoms with Gasteiger partial charge in [-0.2, -0.15) is 0 Å². The van der Waals surface area contributed by atoms with Gasteiger partial charge in [0.2, 0.25) is 0 Å². The molecule has 0 N–H and O–H groups in total. The maximum absolute atomic E-state index is 13.1. The first-order valence-corrected chi connectivity index (χ1v) is 10.5. The van der Waals surface area contributed by atoms with E-state index < -0.39 is 0 Å². The van der Waals surface area contributed by atoms with Crippen LogP contribution in [0.5, 0.6) is 0 Å². The van der Waals surface area contributed by atoms with Gasteiger partial charge in [0.25, 0.3) is 5.56 Å². The maximum Gasteiger partial charge on any atom is 0.263 e. The summed E-state index contributed by atoms with van der Waals surface area (Å²) in [6.07, 6.45) is 5.21. The van der Waals surface area contributed by atoms with Crippen LogP contribution in [0.1, 0.15) is 44.6 Å². The highest BCUT2D eigenvalue weighted by molar-refractivity contribution is 7.98. The molecular formula is C19H26N2OS2. The molecule has 0 radical (unpaired) electrons. The van der Waals surface area contributed by atoms with Crippen molar-refractivity contribution < 1.29 is 0 Å². The molecule has 1 unspecified atom stereocenters. The van der Waals surface area contributed by atoms with Crippen LogP contribution in [-0.2, 0) is 19.4 Å². The average molecular weight is 363 g/mol. The minimum Gasteiger partial charge on any atom is -0.283 e. The summed E-state index contributed by atoms with van der Waals surface area (Å²) in [6, 6.07) is 0. The summed E-state index contributed by atoms with van der Waals surface area (Å²) in [5.74, 6) is 0.677. The molecule has 24 heavy (non-hydrogen) atoms. The average Bonchev–Trinajstić information content (AvgIpc) is 2.86. The zero-order chi connectivity index (χ0) is 17.6. The van der Waals surface area contributed by atoms with Crippen LogP contribution in [0, 0.1) is 11.3 Å². The summed E-state index contributed by atoms with van der Waals surface area (Å²) in [4.78, 5) is 20.2. The van der Waals surface area contributed by atoms with E-state index >= 15 is 0 Å². The first-order chi connectivity index (χ1) is 11.2. The van der Waals surface area contributed by atoms with Gasteiger partial charge in [0.1, 0.15) is 4.83 Å². The standard InChI is InChI=1S/C19H26N2OS2/c1-11(2)10-21-17(22)15-13-8-7-12(19(3,4)5)9-14(13)24-16(15)20-18(21)23-6/h12H,1,7-10H2,2-6H3. The number of rotatable bonds is 3. The second-order valence-electron chi connectivity index (χ2n) is 7.94. The van der Waals surface area contributed by atoms with Crippen molar-refractivity contribution in [3.63, 3.8) is 0 Å². The van der Waals surface area contributed by atoms with E-state index in [1.165, 1.54) is 22.2 Å². The first-order valence-electron chi connectivity index (χ1n) is 8.45. The van der Waals surface area contributed by atoms with Crippen molar-refractivity contribution in [2.75, 3.05) is 6.26 Å². The van der Waals surface area contributed by atoms with E-state index in [2.05, 4.69) is 27.4 Å². The second kappa shape index (κ2) is 6.34. The Kier molecular flexibility index (Phi) is 4.69. The lowest BCUT2D eigenvalue weighted by Gasteiger charge is -2.33. The van der Waals surface area contributed by atoms with Gasteiger partial charge in [0.15, 0.2) is 5.16 Å². The molecule has 0 amide bonds. The topological polar surface area (TPSA) is 34.9 Å². The van der Waals surface area contributed by atoms with Crippen LogP contribution in [0.2, 0.25) is 0 Å². The summed E-state index contributed by atoms with van der Waals surface area (Å²) in [5.41, 5.74) is 2.66. The Balaban J connectivity index is 2.16. The largest absolute Gasteiger partial charge is 0.283 e. The Bertz CT molecular complexity index is 855. The zero-order valence-corrected chi connectivity index (χ0v) is 16.9. The lowest BCUT2D eigenvalue weighted by Crippen LogP contribution is -2.27. The van der Waals surface area contributed by atoms with Gasteiger partial charge in [0.05, 0.1) is 5.39 Å². The predicted octanol–water partition coefficient (Wildman–Crippen LogP) is 4.91. The van der Waals surface area contributed by atoms with E-state index in [1.807, 2.05) is 13.2 Å².